The summed E-state index contributed by atoms with van der Waals surface area (Å²) in [6.45, 7) is 7.89. The average Bonchev–Trinajstić information content (AvgIpc) is 3.22. The van der Waals surface area contributed by atoms with Crippen molar-refractivity contribution in [2.24, 2.45) is 0 Å². The first-order valence-electron chi connectivity index (χ1n) is 12.4. The fourth-order valence-corrected chi connectivity index (χ4v) is 4.63. The highest BCUT2D eigenvalue weighted by molar-refractivity contribution is 5.76. The molecule has 0 atom stereocenters. The fourth-order valence-electron chi connectivity index (χ4n) is 4.63. The van der Waals surface area contributed by atoms with E-state index in [9.17, 15) is 0 Å². The van der Waals surface area contributed by atoms with Gasteiger partial charge in [-0.3, -0.25) is 0 Å². The maximum absolute atomic E-state index is 6.32. The molecule has 5 aromatic rings. The van der Waals surface area contributed by atoms with E-state index in [4.69, 9.17) is 9.72 Å². The summed E-state index contributed by atoms with van der Waals surface area (Å²) in [5, 5.41) is 0. The highest BCUT2D eigenvalue weighted by Crippen LogP contribution is 2.28. The summed E-state index contributed by atoms with van der Waals surface area (Å²) in [6, 6.07) is 34.2. The second-order valence-corrected chi connectivity index (χ2v) is 9.45. The van der Waals surface area contributed by atoms with Crippen molar-refractivity contribution in [1.29, 1.82) is 0 Å². The minimum Gasteiger partial charge on any atom is -0.491 e. The second kappa shape index (κ2) is 10.2. The van der Waals surface area contributed by atoms with Gasteiger partial charge in [-0.2, -0.15) is 0 Å². The SMILES string of the molecule is Cc1ccc(C(C)C)c(OCCn2c(Cc3ccc(-c4ccccc4)cc3)nc3ccccc32)c1. The summed E-state index contributed by atoms with van der Waals surface area (Å²) in [5.74, 6) is 2.48. The first-order chi connectivity index (χ1) is 17.1. The zero-order valence-electron chi connectivity index (χ0n) is 20.7. The van der Waals surface area contributed by atoms with Crippen molar-refractivity contribution in [3.8, 4) is 16.9 Å². The predicted octanol–water partition coefficient (Wildman–Crippen LogP) is 7.80. The quantitative estimate of drug-likeness (QED) is 0.236. The minimum absolute atomic E-state index is 0.425. The fraction of sp³-hybridized carbons (Fsp3) is 0.219. The molecule has 0 saturated carbocycles. The number of hydrogen-bond donors (Lipinski definition) is 0. The average molecular weight is 461 g/mol. The molecule has 0 aliphatic heterocycles. The van der Waals surface area contributed by atoms with Gasteiger partial charge in [-0.25, -0.2) is 4.98 Å². The number of ether oxygens (including phenoxy) is 1. The van der Waals surface area contributed by atoms with E-state index in [0.717, 1.165) is 35.6 Å². The van der Waals surface area contributed by atoms with Crippen molar-refractivity contribution in [1.82, 2.24) is 9.55 Å². The first-order valence-corrected chi connectivity index (χ1v) is 12.4. The van der Waals surface area contributed by atoms with Crippen molar-refractivity contribution < 1.29 is 4.74 Å². The molecule has 176 valence electrons. The number of nitrogens with zero attached hydrogens (tertiary/aromatic N) is 2. The van der Waals surface area contributed by atoms with Crippen LogP contribution in [0.5, 0.6) is 5.75 Å². The van der Waals surface area contributed by atoms with Crippen LogP contribution in [0.15, 0.2) is 97.1 Å². The van der Waals surface area contributed by atoms with Gasteiger partial charge >= 0.3 is 0 Å². The maximum atomic E-state index is 6.32. The molecule has 3 heteroatoms. The molecule has 0 spiro atoms. The Hall–Kier alpha value is -3.85. The van der Waals surface area contributed by atoms with Crippen LogP contribution in [0, 0.1) is 6.92 Å². The number of rotatable bonds is 8. The lowest BCUT2D eigenvalue weighted by Gasteiger charge is -2.16. The number of benzene rings is 4. The summed E-state index contributed by atoms with van der Waals surface area (Å²) < 4.78 is 8.63. The molecule has 0 aliphatic rings. The Balaban J connectivity index is 1.37. The van der Waals surface area contributed by atoms with Crippen LogP contribution < -0.4 is 4.74 Å². The summed E-state index contributed by atoms with van der Waals surface area (Å²) in [4.78, 5) is 4.98. The molecule has 0 aliphatic carbocycles. The topological polar surface area (TPSA) is 27.1 Å². The predicted molar refractivity (Wildman–Crippen MR) is 145 cm³/mol. The number of hydrogen-bond acceptors (Lipinski definition) is 2. The molecule has 0 fully saturated rings. The van der Waals surface area contributed by atoms with Gasteiger partial charge in [-0.1, -0.05) is 92.7 Å². The van der Waals surface area contributed by atoms with Crippen LogP contribution in [0.25, 0.3) is 22.2 Å². The zero-order chi connectivity index (χ0) is 24.2. The standard InChI is InChI=1S/C32H32N2O/c1-23(2)28-18-13-24(3)21-31(28)35-20-19-34-30-12-8-7-11-29(30)33-32(34)22-25-14-16-27(17-15-25)26-9-5-4-6-10-26/h4-18,21,23H,19-20,22H2,1-3H3. The van der Waals surface area contributed by atoms with Crippen LogP contribution in [-0.4, -0.2) is 16.2 Å². The minimum atomic E-state index is 0.425. The van der Waals surface area contributed by atoms with E-state index in [2.05, 4.69) is 122 Å². The Morgan fingerprint density at radius 1 is 0.800 bits per heavy atom. The molecule has 0 amide bonds. The number of aromatic nitrogens is 2. The smallest absolute Gasteiger partial charge is 0.123 e. The molecule has 0 unspecified atom stereocenters. The van der Waals surface area contributed by atoms with Crippen LogP contribution in [0.4, 0.5) is 0 Å². The van der Waals surface area contributed by atoms with Gasteiger partial charge in [0.05, 0.1) is 17.6 Å². The van der Waals surface area contributed by atoms with Crippen molar-refractivity contribution in [3.63, 3.8) is 0 Å². The summed E-state index contributed by atoms with van der Waals surface area (Å²) in [6.07, 6.45) is 0.783. The van der Waals surface area contributed by atoms with Gasteiger partial charge < -0.3 is 9.30 Å². The molecule has 5 rings (SSSR count). The number of imidazole rings is 1. The summed E-state index contributed by atoms with van der Waals surface area (Å²) in [5.41, 5.74) is 8.38. The molecule has 1 heterocycles. The number of para-hydroxylation sites is 2. The molecule has 0 saturated heterocycles. The third-order valence-electron chi connectivity index (χ3n) is 6.52. The molecule has 35 heavy (non-hydrogen) atoms. The molecule has 1 aromatic heterocycles. The molecule has 0 radical (unpaired) electrons. The van der Waals surface area contributed by atoms with Gasteiger partial charge in [0.15, 0.2) is 0 Å². The van der Waals surface area contributed by atoms with Crippen LogP contribution in [0.3, 0.4) is 0 Å². The third-order valence-corrected chi connectivity index (χ3v) is 6.52. The number of aryl methyl sites for hydroxylation is 1. The van der Waals surface area contributed by atoms with Crippen molar-refractivity contribution in [2.75, 3.05) is 6.61 Å². The monoisotopic (exact) mass is 460 g/mol. The largest absolute Gasteiger partial charge is 0.491 e. The van der Waals surface area contributed by atoms with Crippen molar-refractivity contribution in [2.45, 2.75) is 39.7 Å². The Morgan fingerprint density at radius 3 is 2.29 bits per heavy atom. The maximum Gasteiger partial charge on any atom is 0.123 e. The highest BCUT2D eigenvalue weighted by atomic mass is 16.5. The van der Waals surface area contributed by atoms with E-state index in [0.29, 0.717) is 12.5 Å². The Morgan fingerprint density at radius 2 is 1.51 bits per heavy atom. The van der Waals surface area contributed by atoms with E-state index in [1.807, 2.05) is 0 Å². The first kappa shape index (κ1) is 22.9. The van der Waals surface area contributed by atoms with Gasteiger partial charge in [0.1, 0.15) is 18.2 Å². The van der Waals surface area contributed by atoms with E-state index in [1.54, 1.807) is 0 Å². The normalized spacial score (nSPS) is 11.3. The highest BCUT2D eigenvalue weighted by Gasteiger charge is 2.13. The molecule has 3 nitrogen and oxygen atoms in total. The van der Waals surface area contributed by atoms with E-state index < -0.39 is 0 Å². The lowest BCUT2D eigenvalue weighted by molar-refractivity contribution is 0.294. The van der Waals surface area contributed by atoms with Crippen LogP contribution in [0.2, 0.25) is 0 Å². The van der Waals surface area contributed by atoms with E-state index >= 15 is 0 Å². The van der Waals surface area contributed by atoms with E-state index in [1.165, 1.54) is 27.8 Å². The molecular formula is C32H32N2O. The zero-order valence-corrected chi connectivity index (χ0v) is 20.7. The van der Waals surface area contributed by atoms with Crippen LogP contribution in [0.1, 0.15) is 42.3 Å². The van der Waals surface area contributed by atoms with Crippen LogP contribution >= 0.6 is 0 Å². The van der Waals surface area contributed by atoms with Crippen molar-refractivity contribution in [3.05, 3.63) is 120 Å². The molecular weight excluding hydrogens is 428 g/mol. The van der Waals surface area contributed by atoms with E-state index in [-0.39, 0.29) is 0 Å². The van der Waals surface area contributed by atoms with Gasteiger partial charge in [0.25, 0.3) is 0 Å². The Labute approximate surface area is 208 Å². The Bertz CT molecular complexity index is 1420. The lowest BCUT2D eigenvalue weighted by Crippen LogP contribution is -2.12. The second-order valence-electron chi connectivity index (χ2n) is 9.45. The summed E-state index contributed by atoms with van der Waals surface area (Å²) >= 11 is 0. The van der Waals surface area contributed by atoms with Crippen LogP contribution in [-0.2, 0) is 13.0 Å². The van der Waals surface area contributed by atoms with Gasteiger partial charge in [-0.05, 0) is 58.9 Å². The molecule has 0 N–H and O–H groups in total. The number of fused-ring (bicyclic) bond motifs is 1. The summed E-state index contributed by atoms with van der Waals surface area (Å²) in [7, 11) is 0. The lowest BCUT2D eigenvalue weighted by atomic mass is 10.0. The third kappa shape index (κ3) is 5.14. The Kier molecular flexibility index (Phi) is 6.67. The molecule has 0 bridgehead atoms. The van der Waals surface area contributed by atoms with Gasteiger partial charge in [0.2, 0.25) is 0 Å². The van der Waals surface area contributed by atoms with Crippen molar-refractivity contribution >= 4 is 11.0 Å². The molecule has 4 aromatic carbocycles. The van der Waals surface area contributed by atoms with Gasteiger partial charge in [-0.15, -0.1) is 0 Å². The van der Waals surface area contributed by atoms with Gasteiger partial charge in [0, 0.05) is 6.42 Å².